The van der Waals surface area contributed by atoms with E-state index in [4.69, 9.17) is 0 Å². The molecule has 0 radical (unpaired) electrons. The minimum atomic E-state index is -2.95. The largest absolute Gasteiger partial charge is 0.313 e. The summed E-state index contributed by atoms with van der Waals surface area (Å²) in [6, 6.07) is 30.6. The van der Waals surface area contributed by atoms with E-state index in [0.29, 0.717) is 6.16 Å². The van der Waals surface area contributed by atoms with Crippen molar-refractivity contribution in [3.05, 3.63) is 120 Å². The Hall–Kier alpha value is -3.40. The maximum Gasteiger partial charge on any atom is 0.147 e. The Balaban J connectivity index is 1.89. The molecule has 0 fully saturated rings. The first-order valence-electron chi connectivity index (χ1n) is 13.7. The molecular formula is C35H36FOP. The van der Waals surface area contributed by atoms with E-state index in [2.05, 4.69) is 37.8 Å². The molecule has 194 valence electrons. The van der Waals surface area contributed by atoms with Crippen LogP contribution in [0.15, 0.2) is 97.1 Å². The molecule has 4 aromatic rings. The highest BCUT2D eigenvalue weighted by Gasteiger charge is 2.28. The molecule has 0 aromatic heterocycles. The lowest BCUT2D eigenvalue weighted by Crippen LogP contribution is -2.17. The highest BCUT2D eigenvalue weighted by atomic mass is 31.2. The van der Waals surface area contributed by atoms with Gasteiger partial charge in [0.2, 0.25) is 0 Å². The van der Waals surface area contributed by atoms with Crippen LogP contribution in [0.3, 0.4) is 0 Å². The van der Waals surface area contributed by atoms with E-state index in [1.807, 2.05) is 72.8 Å². The fourth-order valence-corrected chi connectivity index (χ4v) is 7.44. The third-order valence-corrected chi connectivity index (χ3v) is 9.93. The zero-order chi connectivity index (χ0) is 26.8. The number of unbranched alkanes of at least 4 members (excludes halogenated alkanes) is 3. The normalized spacial score (nSPS) is 11.1. The zero-order valence-electron chi connectivity index (χ0n) is 22.4. The van der Waals surface area contributed by atoms with E-state index in [-0.39, 0.29) is 5.82 Å². The predicted molar refractivity (Wildman–Crippen MR) is 160 cm³/mol. The smallest absolute Gasteiger partial charge is 0.147 e. The number of benzene rings is 4. The summed E-state index contributed by atoms with van der Waals surface area (Å²) >= 11 is 0. The van der Waals surface area contributed by atoms with Crippen LogP contribution >= 0.6 is 7.14 Å². The molecule has 0 spiro atoms. The Morgan fingerprint density at radius 2 is 1.37 bits per heavy atom. The fraction of sp³-hybridized carbons (Fsp3) is 0.257. The molecule has 4 rings (SSSR count). The van der Waals surface area contributed by atoms with Crippen LogP contribution in [0.4, 0.5) is 4.39 Å². The Morgan fingerprint density at radius 1 is 0.763 bits per heavy atom. The quantitative estimate of drug-likeness (QED) is 0.115. The van der Waals surface area contributed by atoms with Crippen LogP contribution in [-0.4, -0.2) is 0 Å². The van der Waals surface area contributed by atoms with Gasteiger partial charge in [0, 0.05) is 28.8 Å². The third kappa shape index (κ3) is 6.72. The van der Waals surface area contributed by atoms with Crippen molar-refractivity contribution in [2.24, 2.45) is 0 Å². The number of rotatable bonds is 10. The molecule has 4 aromatic carbocycles. The SMILES string of the molecule is CCCCC#Cc1c(CCCC)cc(CP(=O)(c2ccccc2)c2ccccc2)cc1-c1ccc(F)cc1. The van der Waals surface area contributed by atoms with Gasteiger partial charge in [0.15, 0.2) is 0 Å². The lowest BCUT2D eigenvalue weighted by molar-refractivity contribution is 0.586. The molecule has 0 amide bonds. The van der Waals surface area contributed by atoms with Crippen LogP contribution in [0.2, 0.25) is 0 Å². The van der Waals surface area contributed by atoms with Gasteiger partial charge >= 0.3 is 0 Å². The molecule has 0 N–H and O–H groups in total. The van der Waals surface area contributed by atoms with E-state index in [9.17, 15) is 8.96 Å². The Labute approximate surface area is 227 Å². The first-order chi connectivity index (χ1) is 18.5. The Morgan fingerprint density at radius 3 is 1.95 bits per heavy atom. The van der Waals surface area contributed by atoms with Crippen molar-refractivity contribution in [2.45, 2.75) is 58.5 Å². The van der Waals surface area contributed by atoms with Crippen molar-refractivity contribution in [3.63, 3.8) is 0 Å². The van der Waals surface area contributed by atoms with Crippen molar-refractivity contribution >= 4 is 17.8 Å². The topological polar surface area (TPSA) is 17.1 Å². The summed E-state index contributed by atoms with van der Waals surface area (Å²) in [6.45, 7) is 4.36. The first-order valence-corrected chi connectivity index (χ1v) is 15.5. The van der Waals surface area contributed by atoms with Crippen molar-refractivity contribution in [1.82, 2.24) is 0 Å². The second kappa shape index (κ2) is 13.4. The maximum atomic E-state index is 14.9. The van der Waals surface area contributed by atoms with Gasteiger partial charge in [-0.3, -0.25) is 0 Å². The minimum absolute atomic E-state index is 0.260. The Kier molecular flexibility index (Phi) is 9.75. The highest BCUT2D eigenvalue weighted by molar-refractivity contribution is 7.78. The van der Waals surface area contributed by atoms with Crippen LogP contribution in [0.5, 0.6) is 0 Å². The zero-order valence-corrected chi connectivity index (χ0v) is 23.3. The minimum Gasteiger partial charge on any atom is -0.313 e. The summed E-state index contributed by atoms with van der Waals surface area (Å²) in [7, 11) is -2.95. The van der Waals surface area contributed by atoms with E-state index in [0.717, 1.165) is 71.4 Å². The second-order valence-corrected chi connectivity index (χ2v) is 12.6. The summed E-state index contributed by atoms with van der Waals surface area (Å²) in [6.07, 6.45) is 6.46. The van der Waals surface area contributed by atoms with Crippen molar-refractivity contribution < 1.29 is 8.96 Å². The van der Waals surface area contributed by atoms with Gasteiger partial charge in [-0.15, -0.1) is 0 Å². The summed E-state index contributed by atoms with van der Waals surface area (Å²) in [4.78, 5) is 0. The summed E-state index contributed by atoms with van der Waals surface area (Å²) < 4.78 is 28.7. The van der Waals surface area contributed by atoms with Gasteiger partial charge in [0.05, 0.1) is 0 Å². The molecule has 38 heavy (non-hydrogen) atoms. The number of hydrogen-bond donors (Lipinski definition) is 0. The van der Waals surface area contributed by atoms with Crippen molar-refractivity contribution in [1.29, 1.82) is 0 Å². The molecule has 0 aliphatic heterocycles. The van der Waals surface area contributed by atoms with Crippen LogP contribution in [0.25, 0.3) is 11.1 Å². The fourth-order valence-electron chi connectivity index (χ4n) is 4.77. The molecule has 0 unspecified atom stereocenters. The van der Waals surface area contributed by atoms with Crippen LogP contribution < -0.4 is 10.6 Å². The van der Waals surface area contributed by atoms with Crippen LogP contribution in [0, 0.1) is 17.7 Å². The molecule has 0 saturated carbocycles. The van der Waals surface area contributed by atoms with E-state index in [1.165, 1.54) is 17.7 Å². The number of aryl methyl sites for hydroxylation is 1. The number of hydrogen-bond acceptors (Lipinski definition) is 1. The van der Waals surface area contributed by atoms with E-state index < -0.39 is 7.14 Å². The third-order valence-electron chi connectivity index (χ3n) is 6.86. The molecule has 0 aliphatic carbocycles. The van der Waals surface area contributed by atoms with Gasteiger partial charge in [0.1, 0.15) is 13.0 Å². The molecule has 0 atom stereocenters. The molecule has 0 heterocycles. The van der Waals surface area contributed by atoms with Crippen molar-refractivity contribution in [2.75, 3.05) is 0 Å². The summed E-state index contributed by atoms with van der Waals surface area (Å²) in [5.41, 5.74) is 5.13. The second-order valence-electron chi connectivity index (χ2n) is 9.76. The summed E-state index contributed by atoms with van der Waals surface area (Å²) in [5.74, 6) is 6.60. The maximum absolute atomic E-state index is 14.9. The van der Waals surface area contributed by atoms with E-state index >= 15 is 0 Å². The highest BCUT2D eigenvalue weighted by Crippen LogP contribution is 2.47. The Bertz CT molecular complexity index is 1390. The molecular weight excluding hydrogens is 486 g/mol. The molecule has 0 aliphatic rings. The molecule has 3 heteroatoms. The van der Waals surface area contributed by atoms with Crippen molar-refractivity contribution in [3.8, 4) is 23.0 Å². The molecule has 1 nitrogen and oxygen atoms in total. The number of halogens is 1. The van der Waals surface area contributed by atoms with Gasteiger partial charge in [-0.05, 0) is 59.7 Å². The van der Waals surface area contributed by atoms with Gasteiger partial charge in [-0.1, -0.05) is 117 Å². The first kappa shape index (κ1) is 27.6. The standard InChI is InChI=1S/C35H36FOP/c1-3-5-7-14-20-34-30(15-6-4-2)25-28(26-35(34)29-21-23-31(36)24-22-29)27-38(37,32-16-10-8-11-17-32)33-18-12-9-13-19-33/h8-13,16-19,21-26H,3-7,15,27H2,1-2H3. The molecule has 0 bridgehead atoms. The van der Waals surface area contributed by atoms with Crippen LogP contribution in [0.1, 0.15) is 62.6 Å². The predicted octanol–water partition coefficient (Wildman–Crippen LogP) is 8.89. The average molecular weight is 523 g/mol. The van der Waals surface area contributed by atoms with E-state index in [1.54, 1.807) is 0 Å². The van der Waals surface area contributed by atoms with Gasteiger partial charge in [-0.2, -0.15) is 0 Å². The monoisotopic (exact) mass is 522 g/mol. The van der Waals surface area contributed by atoms with Crippen LogP contribution in [-0.2, 0) is 17.1 Å². The van der Waals surface area contributed by atoms with Gasteiger partial charge in [-0.25, -0.2) is 4.39 Å². The lowest BCUT2D eigenvalue weighted by atomic mass is 9.91. The van der Waals surface area contributed by atoms with Gasteiger partial charge < -0.3 is 4.57 Å². The van der Waals surface area contributed by atoms with Gasteiger partial charge in [0.25, 0.3) is 0 Å². The lowest BCUT2D eigenvalue weighted by Gasteiger charge is -2.21. The molecule has 0 saturated heterocycles. The summed E-state index contributed by atoms with van der Waals surface area (Å²) in [5, 5.41) is 1.71. The average Bonchev–Trinajstić information content (AvgIpc) is 2.96.